The van der Waals surface area contributed by atoms with Crippen molar-refractivity contribution in [3.63, 3.8) is 0 Å². The molecule has 0 aliphatic carbocycles. The minimum absolute atomic E-state index is 0.440. The average molecular weight is 180 g/mol. The molecule has 0 aliphatic heterocycles. The Hall–Kier alpha value is -1.12. The van der Waals surface area contributed by atoms with Gasteiger partial charge in [0.15, 0.2) is 0 Å². The molecule has 0 N–H and O–H groups in total. The maximum absolute atomic E-state index is 4.89. The van der Waals surface area contributed by atoms with Crippen LogP contribution in [0.3, 0.4) is 0 Å². The topological polar surface area (TPSA) is 35.0 Å². The Morgan fingerprint density at radius 2 is 1.77 bits per heavy atom. The molecule has 0 unspecified atom stereocenters. The Kier molecular flexibility index (Phi) is 3.68. The monoisotopic (exact) mass is 180 g/mol. The number of hydrogen-bond donors (Lipinski definition) is 0. The summed E-state index contributed by atoms with van der Waals surface area (Å²) in [5, 5.41) is 0. The summed E-state index contributed by atoms with van der Waals surface area (Å²) in [6.45, 7) is 4.36. The third-order valence-electron chi connectivity index (χ3n) is 2.29. The van der Waals surface area contributed by atoms with E-state index in [0.717, 1.165) is 12.8 Å². The molecule has 1 aromatic rings. The van der Waals surface area contributed by atoms with Crippen molar-refractivity contribution in [3.8, 4) is 6.01 Å². The van der Waals surface area contributed by atoms with Gasteiger partial charge in [-0.05, 0) is 24.3 Å². The lowest BCUT2D eigenvalue weighted by molar-refractivity contribution is 0.378. The van der Waals surface area contributed by atoms with Crippen molar-refractivity contribution in [3.05, 3.63) is 18.0 Å². The molecule has 0 saturated heterocycles. The molecular formula is C10H16N2O. The smallest absolute Gasteiger partial charge is 0.316 e. The first-order valence-corrected chi connectivity index (χ1v) is 4.67. The Labute approximate surface area is 79.2 Å². The normalized spacial score (nSPS) is 10.5. The van der Waals surface area contributed by atoms with E-state index < -0.39 is 0 Å². The van der Waals surface area contributed by atoms with Gasteiger partial charge in [-0.2, -0.15) is 0 Å². The Balaban J connectivity index is 2.78. The van der Waals surface area contributed by atoms with Crippen molar-refractivity contribution in [2.24, 2.45) is 0 Å². The standard InChI is InChI=1S/C10H16N2O/c1-4-8(5-2)9-6-11-10(13-3)12-7-9/h6-8H,4-5H2,1-3H3. The van der Waals surface area contributed by atoms with Crippen molar-refractivity contribution in [2.75, 3.05) is 7.11 Å². The average Bonchev–Trinajstić information content (AvgIpc) is 2.21. The van der Waals surface area contributed by atoms with E-state index >= 15 is 0 Å². The van der Waals surface area contributed by atoms with E-state index in [1.54, 1.807) is 7.11 Å². The van der Waals surface area contributed by atoms with Gasteiger partial charge in [-0.15, -0.1) is 0 Å². The summed E-state index contributed by atoms with van der Waals surface area (Å²) in [4.78, 5) is 8.16. The van der Waals surface area contributed by atoms with Crippen LogP contribution in [0.25, 0.3) is 0 Å². The lowest BCUT2D eigenvalue weighted by Crippen LogP contribution is -1.99. The molecule has 3 nitrogen and oxygen atoms in total. The third-order valence-corrected chi connectivity index (χ3v) is 2.29. The fraction of sp³-hybridized carbons (Fsp3) is 0.600. The maximum atomic E-state index is 4.89. The number of nitrogens with zero attached hydrogens (tertiary/aromatic N) is 2. The van der Waals surface area contributed by atoms with Crippen LogP contribution in [0, 0.1) is 0 Å². The van der Waals surface area contributed by atoms with Crippen LogP contribution in [-0.2, 0) is 0 Å². The molecule has 1 aromatic heterocycles. The van der Waals surface area contributed by atoms with Gasteiger partial charge in [0.25, 0.3) is 0 Å². The summed E-state index contributed by atoms with van der Waals surface area (Å²) in [5.41, 5.74) is 1.20. The molecule has 0 atom stereocenters. The minimum Gasteiger partial charge on any atom is -0.467 e. The van der Waals surface area contributed by atoms with Gasteiger partial charge in [-0.25, -0.2) is 9.97 Å². The number of methoxy groups -OCH3 is 1. The highest BCUT2D eigenvalue weighted by atomic mass is 16.5. The highest BCUT2D eigenvalue weighted by Gasteiger charge is 2.07. The molecule has 0 radical (unpaired) electrons. The summed E-state index contributed by atoms with van der Waals surface area (Å²) >= 11 is 0. The van der Waals surface area contributed by atoms with E-state index in [9.17, 15) is 0 Å². The second-order valence-electron chi connectivity index (χ2n) is 3.02. The van der Waals surface area contributed by atoms with Gasteiger partial charge in [0.1, 0.15) is 0 Å². The Morgan fingerprint density at radius 3 is 2.15 bits per heavy atom. The molecule has 0 aliphatic rings. The number of aromatic nitrogens is 2. The summed E-state index contributed by atoms with van der Waals surface area (Å²) in [6.07, 6.45) is 5.96. The second kappa shape index (κ2) is 4.80. The van der Waals surface area contributed by atoms with Crippen molar-refractivity contribution in [2.45, 2.75) is 32.6 Å². The zero-order valence-corrected chi connectivity index (χ0v) is 8.45. The molecule has 0 spiro atoms. The number of ether oxygens (including phenoxy) is 1. The van der Waals surface area contributed by atoms with Gasteiger partial charge in [-0.1, -0.05) is 13.8 Å². The van der Waals surface area contributed by atoms with E-state index in [2.05, 4.69) is 23.8 Å². The molecule has 0 saturated carbocycles. The second-order valence-corrected chi connectivity index (χ2v) is 3.02. The van der Waals surface area contributed by atoms with Crippen LogP contribution < -0.4 is 4.74 Å². The van der Waals surface area contributed by atoms with Crippen molar-refractivity contribution in [1.82, 2.24) is 9.97 Å². The summed E-state index contributed by atoms with van der Waals surface area (Å²) in [5.74, 6) is 0.575. The summed E-state index contributed by atoms with van der Waals surface area (Å²) < 4.78 is 4.89. The SMILES string of the molecule is CCC(CC)c1cnc(OC)nc1. The van der Waals surface area contributed by atoms with Crippen molar-refractivity contribution >= 4 is 0 Å². The molecule has 0 aromatic carbocycles. The van der Waals surface area contributed by atoms with Gasteiger partial charge in [0.2, 0.25) is 0 Å². The highest BCUT2D eigenvalue weighted by molar-refractivity contribution is 5.12. The van der Waals surface area contributed by atoms with Crippen molar-refractivity contribution < 1.29 is 4.74 Å². The fourth-order valence-corrected chi connectivity index (χ4v) is 1.40. The predicted octanol–water partition coefficient (Wildman–Crippen LogP) is 2.39. The quantitative estimate of drug-likeness (QED) is 0.713. The Bertz CT molecular complexity index is 242. The lowest BCUT2D eigenvalue weighted by atomic mass is 9.97. The van der Waals surface area contributed by atoms with E-state index in [1.165, 1.54) is 5.56 Å². The zero-order chi connectivity index (χ0) is 9.68. The van der Waals surface area contributed by atoms with Gasteiger partial charge < -0.3 is 4.74 Å². The molecule has 1 heterocycles. The third kappa shape index (κ3) is 2.41. The molecular weight excluding hydrogens is 164 g/mol. The van der Waals surface area contributed by atoms with Crippen LogP contribution in [-0.4, -0.2) is 17.1 Å². The molecule has 0 fully saturated rings. The zero-order valence-electron chi connectivity index (χ0n) is 8.45. The molecule has 72 valence electrons. The predicted molar refractivity (Wildman–Crippen MR) is 51.9 cm³/mol. The van der Waals surface area contributed by atoms with E-state index in [4.69, 9.17) is 4.74 Å². The van der Waals surface area contributed by atoms with E-state index in [1.807, 2.05) is 12.4 Å². The van der Waals surface area contributed by atoms with E-state index in [-0.39, 0.29) is 0 Å². The van der Waals surface area contributed by atoms with Crippen LogP contribution in [0.2, 0.25) is 0 Å². The summed E-state index contributed by atoms with van der Waals surface area (Å²) in [7, 11) is 1.58. The van der Waals surface area contributed by atoms with Crippen LogP contribution in [0.1, 0.15) is 38.2 Å². The fourth-order valence-electron chi connectivity index (χ4n) is 1.40. The highest BCUT2D eigenvalue weighted by Crippen LogP contribution is 2.21. The van der Waals surface area contributed by atoms with Crippen LogP contribution in [0.4, 0.5) is 0 Å². The van der Waals surface area contributed by atoms with E-state index in [0.29, 0.717) is 11.9 Å². The number of rotatable bonds is 4. The van der Waals surface area contributed by atoms with Crippen LogP contribution in [0.15, 0.2) is 12.4 Å². The minimum atomic E-state index is 0.440. The molecule has 3 heteroatoms. The van der Waals surface area contributed by atoms with Crippen molar-refractivity contribution in [1.29, 1.82) is 0 Å². The van der Waals surface area contributed by atoms with Crippen LogP contribution >= 0.6 is 0 Å². The molecule has 1 rings (SSSR count). The van der Waals surface area contributed by atoms with Gasteiger partial charge in [0, 0.05) is 12.4 Å². The molecule has 13 heavy (non-hydrogen) atoms. The lowest BCUT2D eigenvalue weighted by Gasteiger charge is -2.11. The molecule has 0 bridgehead atoms. The number of hydrogen-bond acceptors (Lipinski definition) is 3. The summed E-state index contributed by atoms with van der Waals surface area (Å²) in [6, 6.07) is 0.440. The Morgan fingerprint density at radius 1 is 1.23 bits per heavy atom. The largest absolute Gasteiger partial charge is 0.467 e. The first kappa shape index (κ1) is 9.96. The van der Waals surface area contributed by atoms with Gasteiger partial charge in [0.05, 0.1) is 7.11 Å². The first-order valence-electron chi connectivity index (χ1n) is 4.67. The molecule has 0 amide bonds. The van der Waals surface area contributed by atoms with Gasteiger partial charge in [-0.3, -0.25) is 0 Å². The first-order chi connectivity index (χ1) is 6.31. The maximum Gasteiger partial charge on any atom is 0.316 e. The van der Waals surface area contributed by atoms with Gasteiger partial charge >= 0.3 is 6.01 Å². The van der Waals surface area contributed by atoms with Crippen LogP contribution in [0.5, 0.6) is 6.01 Å².